The molecule has 3 nitrogen and oxygen atoms in total. The van der Waals surface area contributed by atoms with Gasteiger partial charge in [-0.3, -0.25) is 0 Å². The second-order valence-corrected chi connectivity index (χ2v) is 4.09. The SMILES string of the molecule is C=C(Cl)CNc1cc(C#N)c2ccccc2n1. The number of pyridine rings is 1. The molecule has 0 fully saturated rings. The van der Waals surface area contributed by atoms with Gasteiger partial charge in [-0.15, -0.1) is 0 Å². The number of nitrogens with one attached hydrogen (secondary N) is 1. The van der Waals surface area contributed by atoms with Crippen molar-refractivity contribution in [2.24, 2.45) is 0 Å². The molecule has 2 aromatic rings. The molecule has 0 amide bonds. The molecular weight excluding hydrogens is 234 g/mol. The summed E-state index contributed by atoms with van der Waals surface area (Å²) in [5.41, 5.74) is 1.38. The van der Waals surface area contributed by atoms with Crippen molar-refractivity contribution in [3.63, 3.8) is 0 Å². The van der Waals surface area contributed by atoms with Gasteiger partial charge >= 0.3 is 0 Å². The molecule has 84 valence electrons. The van der Waals surface area contributed by atoms with Gasteiger partial charge in [0.2, 0.25) is 0 Å². The molecule has 2 rings (SSSR count). The summed E-state index contributed by atoms with van der Waals surface area (Å²) in [5, 5.41) is 13.5. The normalized spacial score (nSPS) is 9.88. The average Bonchev–Trinajstić information content (AvgIpc) is 2.35. The van der Waals surface area contributed by atoms with Crippen molar-refractivity contribution < 1.29 is 0 Å². The van der Waals surface area contributed by atoms with E-state index in [2.05, 4.69) is 22.9 Å². The maximum Gasteiger partial charge on any atom is 0.128 e. The van der Waals surface area contributed by atoms with Crippen molar-refractivity contribution in [3.8, 4) is 6.07 Å². The Kier molecular flexibility index (Phi) is 3.27. The first-order valence-corrected chi connectivity index (χ1v) is 5.45. The van der Waals surface area contributed by atoms with Crippen molar-refractivity contribution in [2.75, 3.05) is 11.9 Å². The highest BCUT2D eigenvalue weighted by atomic mass is 35.5. The Labute approximate surface area is 104 Å². The maximum atomic E-state index is 9.09. The number of nitriles is 1. The molecule has 1 N–H and O–H groups in total. The largest absolute Gasteiger partial charge is 0.365 e. The molecule has 0 saturated heterocycles. The number of rotatable bonds is 3. The van der Waals surface area contributed by atoms with Crippen LogP contribution in [0.15, 0.2) is 41.9 Å². The molecule has 0 atom stereocenters. The van der Waals surface area contributed by atoms with Crippen molar-refractivity contribution in [1.82, 2.24) is 4.98 Å². The predicted molar refractivity (Wildman–Crippen MR) is 69.9 cm³/mol. The lowest BCUT2D eigenvalue weighted by molar-refractivity contribution is 1.24. The van der Waals surface area contributed by atoms with Crippen LogP contribution < -0.4 is 5.32 Å². The van der Waals surface area contributed by atoms with Crippen LogP contribution in [0.4, 0.5) is 5.82 Å². The van der Waals surface area contributed by atoms with E-state index < -0.39 is 0 Å². The molecule has 0 aliphatic carbocycles. The van der Waals surface area contributed by atoms with Crippen LogP contribution in [-0.2, 0) is 0 Å². The van der Waals surface area contributed by atoms with Gasteiger partial charge in [0.05, 0.1) is 23.7 Å². The Morgan fingerprint density at radius 3 is 2.94 bits per heavy atom. The zero-order chi connectivity index (χ0) is 12.3. The first-order chi connectivity index (χ1) is 8.20. The molecule has 0 aliphatic rings. The van der Waals surface area contributed by atoms with Crippen LogP contribution in [0, 0.1) is 11.3 Å². The number of benzene rings is 1. The van der Waals surface area contributed by atoms with E-state index >= 15 is 0 Å². The monoisotopic (exact) mass is 243 g/mol. The van der Waals surface area contributed by atoms with Crippen molar-refractivity contribution in [3.05, 3.63) is 47.5 Å². The second-order valence-electron chi connectivity index (χ2n) is 3.55. The quantitative estimate of drug-likeness (QED) is 0.900. The summed E-state index contributed by atoms with van der Waals surface area (Å²) in [4.78, 5) is 4.39. The number of nitrogens with zero attached hydrogens (tertiary/aromatic N) is 2. The zero-order valence-electron chi connectivity index (χ0n) is 9.07. The molecule has 0 aliphatic heterocycles. The number of fused-ring (bicyclic) bond motifs is 1. The van der Waals surface area contributed by atoms with Crippen LogP contribution in [0.2, 0.25) is 0 Å². The van der Waals surface area contributed by atoms with E-state index in [9.17, 15) is 0 Å². The third-order valence-corrected chi connectivity index (χ3v) is 2.43. The molecule has 4 heteroatoms. The molecule has 0 bridgehead atoms. The minimum absolute atomic E-state index is 0.428. The summed E-state index contributed by atoms with van der Waals surface area (Å²) in [5.74, 6) is 0.627. The number of hydrogen-bond acceptors (Lipinski definition) is 3. The van der Waals surface area contributed by atoms with E-state index in [1.807, 2.05) is 24.3 Å². The summed E-state index contributed by atoms with van der Waals surface area (Å²) < 4.78 is 0. The second kappa shape index (κ2) is 4.86. The van der Waals surface area contributed by atoms with E-state index in [4.69, 9.17) is 16.9 Å². The van der Waals surface area contributed by atoms with Crippen molar-refractivity contribution >= 4 is 28.3 Å². The van der Waals surface area contributed by atoms with Gasteiger partial charge in [-0.05, 0) is 12.1 Å². The smallest absolute Gasteiger partial charge is 0.128 e. The lowest BCUT2D eigenvalue weighted by Gasteiger charge is -2.06. The van der Waals surface area contributed by atoms with E-state index in [0.717, 1.165) is 10.9 Å². The van der Waals surface area contributed by atoms with Gasteiger partial charge in [0, 0.05) is 10.4 Å². The highest BCUT2D eigenvalue weighted by Crippen LogP contribution is 2.20. The summed E-state index contributed by atoms with van der Waals surface area (Å²) in [6.45, 7) is 4.01. The van der Waals surface area contributed by atoms with E-state index in [0.29, 0.717) is 23.0 Å². The van der Waals surface area contributed by atoms with Crippen LogP contribution in [-0.4, -0.2) is 11.5 Å². The van der Waals surface area contributed by atoms with Crippen LogP contribution in [0.3, 0.4) is 0 Å². The summed E-state index contributed by atoms with van der Waals surface area (Å²) in [6, 6.07) is 11.4. The maximum absolute atomic E-state index is 9.09. The first kappa shape index (κ1) is 11.4. The third kappa shape index (κ3) is 2.55. The number of hydrogen-bond donors (Lipinski definition) is 1. The molecule has 1 aromatic heterocycles. The fourth-order valence-electron chi connectivity index (χ4n) is 1.54. The molecule has 0 spiro atoms. The van der Waals surface area contributed by atoms with Crippen LogP contribution in [0.25, 0.3) is 10.9 Å². The van der Waals surface area contributed by atoms with Gasteiger partial charge in [0.25, 0.3) is 0 Å². The third-order valence-electron chi connectivity index (χ3n) is 2.30. The van der Waals surface area contributed by atoms with Crippen LogP contribution in [0.5, 0.6) is 0 Å². The van der Waals surface area contributed by atoms with Crippen LogP contribution in [0.1, 0.15) is 5.56 Å². The fraction of sp³-hybridized carbons (Fsp3) is 0.0769. The molecule has 0 saturated carbocycles. The Morgan fingerprint density at radius 1 is 1.47 bits per heavy atom. The Hall–Kier alpha value is -2.05. The fourth-order valence-corrected chi connectivity index (χ4v) is 1.61. The predicted octanol–water partition coefficient (Wildman–Crippen LogP) is 3.27. The molecule has 1 aromatic carbocycles. The average molecular weight is 244 g/mol. The molecule has 17 heavy (non-hydrogen) atoms. The standard InChI is InChI=1S/C13H10ClN3/c1-9(14)8-16-13-6-10(7-15)11-4-2-3-5-12(11)17-13/h2-6H,1,8H2,(H,16,17). The van der Waals surface area contributed by atoms with Gasteiger partial charge < -0.3 is 5.32 Å². The minimum atomic E-state index is 0.428. The Balaban J connectivity index is 2.46. The lowest BCUT2D eigenvalue weighted by atomic mass is 10.1. The highest BCUT2D eigenvalue weighted by molar-refractivity contribution is 6.29. The van der Waals surface area contributed by atoms with Gasteiger partial charge in [-0.25, -0.2) is 4.98 Å². The molecule has 0 unspecified atom stereocenters. The summed E-state index contributed by atoms with van der Waals surface area (Å²) >= 11 is 5.67. The van der Waals surface area contributed by atoms with E-state index in [-0.39, 0.29) is 0 Å². The van der Waals surface area contributed by atoms with Gasteiger partial charge in [-0.1, -0.05) is 36.4 Å². The van der Waals surface area contributed by atoms with Crippen molar-refractivity contribution in [1.29, 1.82) is 5.26 Å². The molecule has 0 radical (unpaired) electrons. The lowest BCUT2D eigenvalue weighted by Crippen LogP contribution is -2.03. The molecule has 1 heterocycles. The van der Waals surface area contributed by atoms with Gasteiger partial charge in [0.1, 0.15) is 5.82 Å². The number of aromatic nitrogens is 1. The van der Waals surface area contributed by atoms with Crippen LogP contribution >= 0.6 is 11.6 Å². The first-order valence-electron chi connectivity index (χ1n) is 5.08. The number of halogens is 1. The topological polar surface area (TPSA) is 48.7 Å². The van der Waals surface area contributed by atoms with Gasteiger partial charge in [-0.2, -0.15) is 5.26 Å². The Morgan fingerprint density at radius 2 is 2.24 bits per heavy atom. The number of anilines is 1. The molecular formula is C13H10ClN3. The highest BCUT2D eigenvalue weighted by Gasteiger charge is 2.04. The Bertz CT molecular complexity index is 614. The number of para-hydroxylation sites is 1. The van der Waals surface area contributed by atoms with E-state index in [1.165, 1.54) is 0 Å². The summed E-state index contributed by atoms with van der Waals surface area (Å²) in [6.07, 6.45) is 0. The van der Waals surface area contributed by atoms with E-state index in [1.54, 1.807) is 6.07 Å². The van der Waals surface area contributed by atoms with Gasteiger partial charge in [0.15, 0.2) is 0 Å². The summed E-state index contributed by atoms with van der Waals surface area (Å²) in [7, 11) is 0. The zero-order valence-corrected chi connectivity index (χ0v) is 9.83. The minimum Gasteiger partial charge on any atom is -0.365 e. The van der Waals surface area contributed by atoms with Crippen molar-refractivity contribution in [2.45, 2.75) is 0 Å².